The molecule has 0 spiro atoms. The fourth-order valence-electron chi connectivity index (χ4n) is 11.0. The number of aromatic nitrogens is 1. The van der Waals surface area contributed by atoms with E-state index in [-0.39, 0.29) is 18.1 Å². The number of hydrogen-bond donors (Lipinski definition) is 0. The van der Waals surface area contributed by atoms with Gasteiger partial charge in [0.1, 0.15) is 17.9 Å². The molecule has 4 unspecified atom stereocenters. The Labute approximate surface area is 355 Å². The van der Waals surface area contributed by atoms with E-state index in [1.54, 1.807) is 0 Å². The van der Waals surface area contributed by atoms with Crippen molar-refractivity contribution >= 4 is 55.3 Å². The van der Waals surface area contributed by atoms with Crippen LogP contribution < -0.4 is 9.80 Å². The molecule has 4 atom stereocenters. The number of anilines is 4. The summed E-state index contributed by atoms with van der Waals surface area (Å²) in [5.74, 6) is 1.49. The van der Waals surface area contributed by atoms with E-state index in [0.29, 0.717) is 23.6 Å². The molecular weight excluding hydrogens is 747 g/mol. The van der Waals surface area contributed by atoms with Crippen LogP contribution in [0, 0.1) is 34.5 Å². The third-order valence-corrected chi connectivity index (χ3v) is 13.6. The predicted octanol–water partition coefficient (Wildman–Crippen LogP) is 12.8. The number of benzene rings is 6. The Morgan fingerprint density at radius 3 is 2.20 bits per heavy atom. The number of hydrogen-bond acceptors (Lipinski definition) is 5. The minimum atomic E-state index is -0.000682. The van der Waals surface area contributed by atoms with Gasteiger partial charge >= 0.3 is 0 Å². The quantitative estimate of drug-likeness (QED) is 0.157. The zero-order valence-electron chi connectivity index (χ0n) is 33.6. The maximum absolute atomic E-state index is 11.0. The summed E-state index contributed by atoms with van der Waals surface area (Å²) in [5.41, 5.74) is 11.9. The summed E-state index contributed by atoms with van der Waals surface area (Å²) < 4.78 is 9.20. The largest absolute Gasteiger partial charge is 0.487 e. The van der Waals surface area contributed by atoms with Gasteiger partial charge in [-0.2, -0.15) is 10.5 Å². The lowest BCUT2D eigenvalue weighted by Crippen LogP contribution is -2.34. The standard InChI is InChI=1S/C55H41N5O/c56-32-36-30-51(60-49-21-11-9-19-43(49)45-25-26-46-44-20-10-12-22-52(44)61-55(46)54(45)60)37(33-57)29-38(36)34-58-48-28-24-41(59(39-14-3-1-4-15-39)40-16-5-2-6-17-40)31-47(48)53-42-18-8-7-13-35(42)23-27-50(53)58/h1-11,13-21,23-24,27-31,43-44,49,52H,12,22,25-26,34H2. The molecule has 7 aromatic rings. The van der Waals surface area contributed by atoms with E-state index in [0.717, 1.165) is 81.9 Å². The SMILES string of the molecule is N#Cc1cc(N2C3=C(CCC4=C3OC3CCC=CC43)C3C=CC=CC32)c(C#N)cc1Cn1c2ccc(N(c3ccccc3)c3ccccc3)cc2c2c3ccccc3ccc21. The molecule has 0 saturated carbocycles. The highest BCUT2D eigenvalue weighted by molar-refractivity contribution is 6.21. The monoisotopic (exact) mass is 787 g/mol. The van der Waals surface area contributed by atoms with Crippen molar-refractivity contribution in [1.82, 2.24) is 4.57 Å². The topological polar surface area (TPSA) is 68.2 Å². The van der Waals surface area contributed by atoms with Gasteiger partial charge in [-0.15, -0.1) is 0 Å². The second kappa shape index (κ2) is 14.0. The summed E-state index contributed by atoms with van der Waals surface area (Å²) in [5, 5.41) is 26.6. The molecule has 0 fully saturated rings. The Bertz CT molecular complexity index is 3170. The molecule has 6 nitrogen and oxygen atoms in total. The molecule has 292 valence electrons. The van der Waals surface area contributed by atoms with Crippen molar-refractivity contribution in [2.24, 2.45) is 11.8 Å². The van der Waals surface area contributed by atoms with E-state index in [4.69, 9.17) is 4.74 Å². The maximum atomic E-state index is 11.0. The van der Waals surface area contributed by atoms with Crippen LogP contribution in [0.15, 0.2) is 186 Å². The Hall–Kier alpha value is -7.54. The number of fused-ring (bicyclic) bond motifs is 10. The Kier molecular flexibility index (Phi) is 8.15. The summed E-state index contributed by atoms with van der Waals surface area (Å²) in [7, 11) is 0. The molecular formula is C55H41N5O. The number of nitrogens with zero attached hydrogens (tertiary/aromatic N) is 5. The van der Waals surface area contributed by atoms with Gasteiger partial charge in [-0.3, -0.25) is 0 Å². The van der Waals surface area contributed by atoms with Crippen LogP contribution in [0.4, 0.5) is 22.7 Å². The van der Waals surface area contributed by atoms with E-state index in [9.17, 15) is 10.5 Å². The molecule has 6 aromatic carbocycles. The van der Waals surface area contributed by atoms with E-state index < -0.39 is 0 Å². The summed E-state index contributed by atoms with van der Waals surface area (Å²) >= 11 is 0. The van der Waals surface area contributed by atoms with Crippen LogP contribution >= 0.6 is 0 Å². The van der Waals surface area contributed by atoms with Gasteiger partial charge in [0.15, 0.2) is 0 Å². The minimum absolute atomic E-state index is 0.000682. The van der Waals surface area contributed by atoms with Crippen molar-refractivity contribution < 1.29 is 4.74 Å². The van der Waals surface area contributed by atoms with Crippen molar-refractivity contribution in [2.75, 3.05) is 9.80 Å². The van der Waals surface area contributed by atoms with Gasteiger partial charge in [-0.1, -0.05) is 103 Å². The minimum Gasteiger partial charge on any atom is -0.487 e. The summed E-state index contributed by atoms with van der Waals surface area (Å²) in [4.78, 5) is 4.63. The second-order valence-corrected chi connectivity index (χ2v) is 16.8. The molecule has 3 aliphatic carbocycles. The fourth-order valence-corrected chi connectivity index (χ4v) is 11.0. The van der Waals surface area contributed by atoms with E-state index in [1.165, 1.54) is 27.3 Å². The highest BCUT2D eigenvalue weighted by Crippen LogP contribution is 2.54. The first-order chi connectivity index (χ1) is 30.2. The lowest BCUT2D eigenvalue weighted by Gasteiger charge is -2.32. The second-order valence-electron chi connectivity index (χ2n) is 16.8. The average Bonchev–Trinajstić information content (AvgIpc) is 3.97. The van der Waals surface area contributed by atoms with Crippen LogP contribution in [-0.2, 0) is 11.3 Å². The normalized spacial score (nSPS) is 21.0. The van der Waals surface area contributed by atoms with E-state index >= 15 is 0 Å². The Morgan fingerprint density at radius 1 is 0.656 bits per heavy atom. The molecule has 0 saturated heterocycles. The van der Waals surface area contributed by atoms with Crippen molar-refractivity contribution in [3.05, 3.63) is 203 Å². The predicted molar refractivity (Wildman–Crippen MR) is 245 cm³/mol. The summed E-state index contributed by atoms with van der Waals surface area (Å²) in [6.45, 7) is 0.424. The van der Waals surface area contributed by atoms with Crippen LogP contribution in [-0.4, -0.2) is 16.7 Å². The van der Waals surface area contributed by atoms with Crippen molar-refractivity contribution in [3.8, 4) is 12.1 Å². The van der Waals surface area contributed by atoms with Gasteiger partial charge in [-0.05, 0) is 114 Å². The lowest BCUT2D eigenvalue weighted by molar-refractivity contribution is 0.117. The van der Waals surface area contributed by atoms with Crippen LogP contribution in [0.3, 0.4) is 0 Å². The van der Waals surface area contributed by atoms with Gasteiger partial charge in [0.2, 0.25) is 0 Å². The van der Waals surface area contributed by atoms with Gasteiger partial charge in [-0.25, -0.2) is 0 Å². The number of nitriles is 2. The Balaban J connectivity index is 1.01. The highest BCUT2D eigenvalue weighted by atomic mass is 16.5. The smallest absolute Gasteiger partial charge is 0.143 e. The molecule has 3 heterocycles. The molecule has 6 heteroatoms. The zero-order valence-corrected chi connectivity index (χ0v) is 33.6. The van der Waals surface area contributed by atoms with Crippen LogP contribution in [0.1, 0.15) is 42.4 Å². The van der Waals surface area contributed by atoms with Crippen molar-refractivity contribution in [3.63, 3.8) is 0 Å². The number of rotatable bonds is 6. The van der Waals surface area contributed by atoms with Gasteiger partial charge in [0.25, 0.3) is 0 Å². The Morgan fingerprint density at radius 2 is 1.39 bits per heavy atom. The average molecular weight is 788 g/mol. The third-order valence-electron chi connectivity index (χ3n) is 13.6. The molecule has 1 aromatic heterocycles. The van der Waals surface area contributed by atoms with Crippen LogP contribution in [0.25, 0.3) is 32.6 Å². The molecule has 12 rings (SSSR count). The van der Waals surface area contributed by atoms with Crippen molar-refractivity contribution in [2.45, 2.75) is 44.4 Å². The summed E-state index contributed by atoms with van der Waals surface area (Å²) in [6, 6.07) is 49.8. The molecule has 5 aliphatic rings. The molecule has 0 radical (unpaired) electrons. The van der Waals surface area contributed by atoms with Gasteiger partial charge < -0.3 is 19.1 Å². The first kappa shape index (κ1) is 35.4. The fraction of sp³-hybridized carbons (Fsp3) is 0.164. The first-order valence-corrected chi connectivity index (χ1v) is 21.4. The number of para-hydroxylation sites is 2. The third kappa shape index (κ3) is 5.46. The van der Waals surface area contributed by atoms with Crippen LogP contribution in [0.2, 0.25) is 0 Å². The first-order valence-electron chi connectivity index (χ1n) is 21.4. The van der Waals surface area contributed by atoms with Gasteiger partial charge in [0.05, 0.1) is 40.1 Å². The molecule has 2 aliphatic heterocycles. The number of allylic oxidation sites excluding steroid dienone is 3. The van der Waals surface area contributed by atoms with Gasteiger partial charge in [0, 0.05) is 51.7 Å². The summed E-state index contributed by atoms with van der Waals surface area (Å²) in [6.07, 6.45) is 17.6. The van der Waals surface area contributed by atoms with E-state index in [2.05, 4.69) is 166 Å². The molecule has 0 N–H and O–H groups in total. The lowest BCUT2D eigenvalue weighted by atomic mass is 9.80. The highest BCUT2D eigenvalue weighted by Gasteiger charge is 2.49. The molecule has 61 heavy (non-hydrogen) atoms. The van der Waals surface area contributed by atoms with E-state index in [1.807, 2.05) is 24.3 Å². The van der Waals surface area contributed by atoms with Crippen molar-refractivity contribution in [1.29, 1.82) is 10.5 Å². The molecule has 0 amide bonds. The maximum Gasteiger partial charge on any atom is 0.143 e. The number of ether oxygens (including phenoxy) is 1. The zero-order chi connectivity index (χ0) is 40.6. The molecule has 0 bridgehead atoms. The van der Waals surface area contributed by atoms with Crippen LogP contribution in [0.5, 0.6) is 0 Å².